The first-order chi connectivity index (χ1) is 7.63. The van der Waals surface area contributed by atoms with E-state index >= 15 is 0 Å². The molecular formula is C11H14N2O2S. The van der Waals surface area contributed by atoms with Gasteiger partial charge < -0.3 is 10.8 Å². The van der Waals surface area contributed by atoms with Crippen LogP contribution in [0.2, 0.25) is 0 Å². The molecule has 2 heterocycles. The monoisotopic (exact) mass is 238 g/mol. The van der Waals surface area contributed by atoms with Crippen LogP contribution in [0.25, 0.3) is 0 Å². The summed E-state index contributed by atoms with van der Waals surface area (Å²) in [4.78, 5) is 14.4. The molecule has 1 aromatic heterocycles. The Bertz CT molecular complexity index is 439. The summed E-state index contributed by atoms with van der Waals surface area (Å²) in [5.74, 6) is -0.910. The van der Waals surface area contributed by atoms with Gasteiger partial charge in [-0.2, -0.15) is 0 Å². The van der Waals surface area contributed by atoms with Gasteiger partial charge in [-0.15, -0.1) is 17.9 Å². The number of carboxylic acids is 1. The van der Waals surface area contributed by atoms with E-state index in [0.29, 0.717) is 10.6 Å². The number of nitrogens with two attached hydrogens (primary N) is 1. The molecule has 0 spiro atoms. The molecule has 5 heteroatoms. The van der Waals surface area contributed by atoms with Crippen LogP contribution in [-0.4, -0.2) is 29.1 Å². The zero-order chi connectivity index (χ0) is 11.7. The van der Waals surface area contributed by atoms with Crippen molar-refractivity contribution >= 4 is 22.3 Å². The summed E-state index contributed by atoms with van der Waals surface area (Å²) in [5.41, 5.74) is 6.98. The van der Waals surface area contributed by atoms with Gasteiger partial charge in [-0.1, -0.05) is 6.08 Å². The Morgan fingerprint density at radius 1 is 1.69 bits per heavy atom. The first kappa shape index (κ1) is 11.2. The maximum Gasteiger partial charge on any atom is 0.338 e. The molecule has 1 aliphatic heterocycles. The maximum atomic E-state index is 11.1. The van der Waals surface area contributed by atoms with Crippen molar-refractivity contribution in [3.63, 3.8) is 0 Å². The van der Waals surface area contributed by atoms with Crippen LogP contribution < -0.4 is 5.73 Å². The van der Waals surface area contributed by atoms with E-state index in [2.05, 4.69) is 11.5 Å². The van der Waals surface area contributed by atoms with Gasteiger partial charge in [0, 0.05) is 24.5 Å². The molecule has 0 atom stereocenters. The number of hydrogen-bond acceptors (Lipinski definition) is 4. The van der Waals surface area contributed by atoms with Crippen molar-refractivity contribution in [2.75, 3.05) is 18.8 Å². The van der Waals surface area contributed by atoms with E-state index < -0.39 is 5.97 Å². The van der Waals surface area contributed by atoms with Gasteiger partial charge in [-0.05, 0) is 12.0 Å². The van der Waals surface area contributed by atoms with Gasteiger partial charge >= 0.3 is 5.97 Å². The molecule has 0 amide bonds. The summed E-state index contributed by atoms with van der Waals surface area (Å²) in [5, 5.41) is 9.51. The lowest BCUT2D eigenvalue weighted by Gasteiger charge is -2.25. The van der Waals surface area contributed by atoms with Crippen molar-refractivity contribution in [1.29, 1.82) is 0 Å². The molecule has 0 aromatic carbocycles. The first-order valence-corrected chi connectivity index (χ1v) is 5.91. The van der Waals surface area contributed by atoms with Crippen molar-refractivity contribution in [2.45, 2.75) is 13.0 Å². The van der Waals surface area contributed by atoms with E-state index in [1.165, 1.54) is 11.3 Å². The number of hydrogen-bond donors (Lipinski definition) is 2. The van der Waals surface area contributed by atoms with Gasteiger partial charge in [-0.25, -0.2) is 4.79 Å². The van der Waals surface area contributed by atoms with Crippen molar-refractivity contribution in [1.82, 2.24) is 4.90 Å². The molecule has 1 aromatic rings. The second-order valence-electron chi connectivity index (χ2n) is 3.82. The Morgan fingerprint density at radius 2 is 2.44 bits per heavy atom. The fourth-order valence-electron chi connectivity index (χ4n) is 2.05. The van der Waals surface area contributed by atoms with Crippen molar-refractivity contribution in [3.05, 3.63) is 28.7 Å². The molecule has 0 aliphatic carbocycles. The Hall–Kier alpha value is -1.33. The summed E-state index contributed by atoms with van der Waals surface area (Å²) < 4.78 is 0. The largest absolute Gasteiger partial charge is 0.478 e. The second kappa shape index (κ2) is 4.27. The fraction of sp³-hybridized carbons (Fsp3) is 0.364. The van der Waals surface area contributed by atoms with Crippen LogP contribution in [0.4, 0.5) is 5.00 Å². The van der Waals surface area contributed by atoms with Crippen LogP contribution in [0, 0.1) is 0 Å². The number of nitrogen functional groups attached to an aromatic ring is 1. The zero-order valence-corrected chi connectivity index (χ0v) is 9.72. The Balaban J connectivity index is 2.31. The quantitative estimate of drug-likeness (QED) is 0.784. The summed E-state index contributed by atoms with van der Waals surface area (Å²) in [6.45, 7) is 6.19. The molecule has 4 nitrogen and oxygen atoms in total. The molecule has 0 fully saturated rings. The predicted molar refractivity (Wildman–Crippen MR) is 64.9 cm³/mol. The van der Waals surface area contributed by atoms with Gasteiger partial charge in [-0.3, -0.25) is 4.90 Å². The maximum absolute atomic E-state index is 11.1. The first-order valence-electron chi connectivity index (χ1n) is 5.10. The van der Waals surface area contributed by atoms with Gasteiger partial charge in [0.2, 0.25) is 0 Å². The smallest absolute Gasteiger partial charge is 0.338 e. The van der Waals surface area contributed by atoms with Gasteiger partial charge in [0.05, 0.1) is 5.56 Å². The lowest BCUT2D eigenvalue weighted by atomic mass is 10.0. The van der Waals surface area contributed by atoms with Crippen LogP contribution in [0.5, 0.6) is 0 Å². The minimum atomic E-state index is -0.910. The number of carbonyl (C=O) groups is 1. The average Bonchev–Trinajstić information content (AvgIpc) is 2.53. The third-order valence-electron chi connectivity index (χ3n) is 2.76. The number of fused-ring (bicyclic) bond motifs is 1. The van der Waals surface area contributed by atoms with Crippen LogP contribution >= 0.6 is 11.3 Å². The molecular weight excluding hydrogens is 224 g/mol. The lowest BCUT2D eigenvalue weighted by molar-refractivity contribution is 0.0696. The Labute approximate surface area is 98.0 Å². The lowest BCUT2D eigenvalue weighted by Crippen LogP contribution is -2.30. The highest BCUT2D eigenvalue weighted by atomic mass is 32.1. The summed E-state index contributed by atoms with van der Waals surface area (Å²) in [6, 6.07) is 0. The standard InChI is InChI=1S/C11H14N2O2S/c1-2-4-13-5-3-7-8(6-13)16-10(12)9(7)11(14)15/h2H,1,3-6,12H2,(H,14,15). The second-order valence-corrected chi connectivity index (χ2v) is 4.96. The van der Waals surface area contributed by atoms with Crippen molar-refractivity contribution in [2.24, 2.45) is 0 Å². The van der Waals surface area contributed by atoms with Crippen LogP contribution in [0.3, 0.4) is 0 Å². The molecule has 16 heavy (non-hydrogen) atoms. The Kier molecular flexibility index (Phi) is 2.98. The van der Waals surface area contributed by atoms with Gasteiger partial charge in [0.25, 0.3) is 0 Å². The predicted octanol–water partition coefficient (Wildman–Crippen LogP) is 1.57. The van der Waals surface area contributed by atoms with E-state index in [0.717, 1.165) is 36.5 Å². The number of aromatic carboxylic acids is 1. The number of nitrogens with zero attached hydrogens (tertiary/aromatic N) is 1. The van der Waals surface area contributed by atoms with Crippen LogP contribution in [0.15, 0.2) is 12.7 Å². The van der Waals surface area contributed by atoms with Crippen molar-refractivity contribution < 1.29 is 9.90 Å². The highest BCUT2D eigenvalue weighted by Crippen LogP contribution is 2.34. The third-order valence-corrected chi connectivity index (χ3v) is 3.81. The number of anilines is 1. The number of rotatable bonds is 3. The summed E-state index contributed by atoms with van der Waals surface area (Å²) in [6.07, 6.45) is 2.62. The zero-order valence-electron chi connectivity index (χ0n) is 8.90. The molecule has 1 aliphatic rings. The highest BCUT2D eigenvalue weighted by Gasteiger charge is 2.26. The highest BCUT2D eigenvalue weighted by molar-refractivity contribution is 7.16. The van der Waals surface area contributed by atoms with Crippen molar-refractivity contribution in [3.8, 4) is 0 Å². The average molecular weight is 238 g/mol. The van der Waals surface area contributed by atoms with E-state index in [9.17, 15) is 4.79 Å². The van der Waals surface area contributed by atoms with Crippen LogP contribution in [-0.2, 0) is 13.0 Å². The van der Waals surface area contributed by atoms with Gasteiger partial charge in [0.1, 0.15) is 5.00 Å². The molecule has 2 rings (SSSR count). The molecule has 0 radical (unpaired) electrons. The Morgan fingerprint density at radius 3 is 3.06 bits per heavy atom. The molecule has 0 unspecified atom stereocenters. The van der Waals surface area contributed by atoms with E-state index in [1.807, 2.05) is 6.08 Å². The number of carboxylic acid groups (broad SMARTS) is 1. The normalized spacial score (nSPS) is 15.8. The minimum absolute atomic E-state index is 0.318. The molecule has 3 N–H and O–H groups in total. The van der Waals surface area contributed by atoms with Gasteiger partial charge in [0.15, 0.2) is 0 Å². The van der Waals surface area contributed by atoms with E-state index in [4.69, 9.17) is 10.8 Å². The molecule has 86 valence electrons. The summed E-state index contributed by atoms with van der Waals surface area (Å²) >= 11 is 1.40. The van der Waals surface area contributed by atoms with E-state index in [-0.39, 0.29) is 0 Å². The van der Waals surface area contributed by atoms with E-state index in [1.54, 1.807) is 0 Å². The third kappa shape index (κ3) is 1.83. The fourth-order valence-corrected chi connectivity index (χ4v) is 3.20. The van der Waals surface area contributed by atoms with Crippen LogP contribution in [0.1, 0.15) is 20.8 Å². The SMILES string of the molecule is C=CCN1CCc2c(sc(N)c2C(=O)O)C1. The summed E-state index contributed by atoms with van der Waals surface area (Å²) in [7, 11) is 0. The molecule has 0 saturated heterocycles. The molecule has 0 saturated carbocycles. The topological polar surface area (TPSA) is 66.6 Å². The number of thiophene rings is 1. The molecule has 0 bridgehead atoms. The minimum Gasteiger partial charge on any atom is -0.478 e.